The summed E-state index contributed by atoms with van der Waals surface area (Å²) in [5, 5.41) is 22.5. The number of benzene rings is 1. The lowest BCUT2D eigenvalue weighted by Crippen LogP contribution is -2.29. The van der Waals surface area contributed by atoms with Gasteiger partial charge in [0.1, 0.15) is 11.9 Å². The number of likely N-dealkylation sites (N-methyl/N-ethyl adjacent to an activating group) is 1. The Kier molecular flexibility index (Phi) is 4.73. The molecule has 1 rings (SSSR count). The van der Waals surface area contributed by atoms with Crippen LogP contribution in [0, 0.1) is 6.92 Å². The van der Waals surface area contributed by atoms with Crippen LogP contribution in [-0.2, 0) is 0 Å². The molecule has 0 bridgehead atoms. The quantitative estimate of drug-likeness (QED) is 0.687. The third kappa shape index (κ3) is 2.95. The van der Waals surface area contributed by atoms with Crippen LogP contribution in [0.15, 0.2) is 18.2 Å². The second-order valence-corrected chi connectivity index (χ2v) is 3.82. The normalized spacial score (nSPS) is 14.6. The van der Waals surface area contributed by atoms with Gasteiger partial charge in [-0.05, 0) is 26.1 Å². The molecule has 0 radical (unpaired) electrons. The highest BCUT2D eigenvalue weighted by molar-refractivity contribution is 5.38. The Morgan fingerprint density at radius 1 is 1.38 bits per heavy atom. The van der Waals surface area contributed by atoms with Crippen LogP contribution in [-0.4, -0.2) is 37.0 Å². The van der Waals surface area contributed by atoms with Crippen molar-refractivity contribution >= 4 is 0 Å². The van der Waals surface area contributed by atoms with Gasteiger partial charge in [-0.1, -0.05) is 11.6 Å². The number of aryl methyl sites for hydroxylation is 1. The first-order valence-electron chi connectivity index (χ1n) is 5.25. The van der Waals surface area contributed by atoms with Crippen LogP contribution in [0.1, 0.15) is 17.2 Å². The highest BCUT2D eigenvalue weighted by Gasteiger charge is 2.21. The number of ether oxygens (including phenoxy) is 1. The van der Waals surface area contributed by atoms with E-state index < -0.39 is 12.2 Å². The zero-order chi connectivity index (χ0) is 12.1. The summed E-state index contributed by atoms with van der Waals surface area (Å²) in [5.74, 6) is 0.591. The third-order valence-electron chi connectivity index (χ3n) is 2.48. The molecule has 0 spiro atoms. The van der Waals surface area contributed by atoms with E-state index >= 15 is 0 Å². The maximum absolute atomic E-state index is 9.99. The minimum Gasteiger partial charge on any atom is -0.496 e. The molecule has 4 heteroatoms. The molecule has 4 nitrogen and oxygen atoms in total. The molecule has 2 atom stereocenters. The monoisotopic (exact) mass is 225 g/mol. The number of hydrogen-bond acceptors (Lipinski definition) is 4. The lowest BCUT2D eigenvalue weighted by atomic mass is 10.0. The van der Waals surface area contributed by atoms with Gasteiger partial charge in [-0.3, -0.25) is 0 Å². The van der Waals surface area contributed by atoms with Gasteiger partial charge < -0.3 is 20.3 Å². The highest BCUT2D eigenvalue weighted by Crippen LogP contribution is 2.28. The van der Waals surface area contributed by atoms with E-state index in [0.717, 1.165) is 5.56 Å². The minimum absolute atomic E-state index is 0.332. The topological polar surface area (TPSA) is 61.7 Å². The number of aliphatic hydroxyl groups excluding tert-OH is 2. The molecule has 0 heterocycles. The van der Waals surface area contributed by atoms with Crippen molar-refractivity contribution in [3.05, 3.63) is 29.3 Å². The van der Waals surface area contributed by atoms with Gasteiger partial charge in [0.15, 0.2) is 0 Å². The summed E-state index contributed by atoms with van der Waals surface area (Å²) in [6, 6.07) is 5.52. The van der Waals surface area contributed by atoms with Gasteiger partial charge in [0.2, 0.25) is 0 Å². The summed E-state index contributed by atoms with van der Waals surface area (Å²) in [6.07, 6.45) is -1.79. The summed E-state index contributed by atoms with van der Waals surface area (Å²) in [6.45, 7) is 2.26. The van der Waals surface area contributed by atoms with Crippen LogP contribution in [0.5, 0.6) is 5.75 Å². The van der Waals surface area contributed by atoms with E-state index in [1.165, 1.54) is 0 Å². The van der Waals surface area contributed by atoms with Crippen molar-refractivity contribution in [3.8, 4) is 5.75 Å². The average Bonchev–Trinajstić information content (AvgIpc) is 2.28. The maximum Gasteiger partial charge on any atom is 0.124 e. The fraction of sp³-hybridized carbons (Fsp3) is 0.500. The molecule has 16 heavy (non-hydrogen) atoms. The van der Waals surface area contributed by atoms with E-state index in [2.05, 4.69) is 5.32 Å². The molecule has 0 saturated carbocycles. The minimum atomic E-state index is -0.942. The molecule has 0 saturated heterocycles. The molecule has 0 amide bonds. The van der Waals surface area contributed by atoms with Crippen molar-refractivity contribution in [3.63, 3.8) is 0 Å². The van der Waals surface area contributed by atoms with Gasteiger partial charge in [-0.25, -0.2) is 0 Å². The smallest absolute Gasteiger partial charge is 0.124 e. The van der Waals surface area contributed by atoms with Crippen LogP contribution >= 0.6 is 0 Å². The zero-order valence-corrected chi connectivity index (χ0v) is 9.90. The van der Waals surface area contributed by atoms with Gasteiger partial charge in [0.25, 0.3) is 0 Å². The van der Waals surface area contributed by atoms with E-state index in [4.69, 9.17) is 4.74 Å². The molecule has 90 valence electrons. The summed E-state index contributed by atoms with van der Waals surface area (Å²) in [7, 11) is 3.27. The molecule has 3 N–H and O–H groups in total. The van der Waals surface area contributed by atoms with Crippen molar-refractivity contribution in [1.82, 2.24) is 5.32 Å². The Bertz CT molecular complexity index is 341. The Hall–Kier alpha value is -1.10. The SMILES string of the molecule is CNCC(O)C(O)c1cc(C)ccc1OC. The van der Waals surface area contributed by atoms with E-state index in [9.17, 15) is 10.2 Å². The summed E-state index contributed by atoms with van der Waals surface area (Å²) < 4.78 is 5.16. The molecule has 1 aromatic rings. The van der Waals surface area contributed by atoms with Crippen molar-refractivity contribution in [1.29, 1.82) is 0 Å². The van der Waals surface area contributed by atoms with Crippen molar-refractivity contribution < 1.29 is 14.9 Å². The van der Waals surface area contributed by atoms with Gasteiger partial charge in [0.05, 0.1) is 13.2 Å². The number of methoxy groups -OCH3 is 1. The molecule has 1 aromatic carbocycles. The summed E-state index contributed by atoms with van der Waals surface area (Å²) in [5.41, 5.74) is 1.64. The second kappa shape index (κ2) is 5.84. The Morgan fingerprint density at radius 2 is 2.06 bits per heavy atom. The number of aliphatic hydroxyl groups is 2. The first kappa shape index (κ1) is 13.0. The third-order valence-corrected chi connectivity index (χ3v) is 2.48. The molecule has 0 fully saturated rings. The standard InChI is InChI=1S/C12H19NO3/c1-8-4-5-11(16-3)9(6-8)12(15)10(14)7-13-2/h4-6,10,12-15H,7H2,1-3H3. The van der Waals surface area contributed by atoms with Crippen LogP contribution in [0.4, 0.5) is 0 Å². The second-order valence-electron chi connectivity index (χ2n) is 3.82. The number of rotatable bonds is 5. The van der Waals surface area contributed by atoms with E-state index in [1.54, 1.807) is 20.2 Å². The summed E-state index contributed by atoms with van der Waals surface area (Å²) in [4.78, 5) is 0. The van der Waals surface area contributed by atoms with Crippen molar-refractivity contribution in [2.45, 2.75) is 19.1 Å². The van der Waals surface area contributed by atoms with E-state index in [0.29, 0.717) is 17.9 Å². The number of nitrogens with one attached hydrogen (secondary N) is 1. The van der Waals surface area contributed by atoms with Gasteiger partial charge in [-0.15, -0.1) is 0 Å². The predicted octanol–water partition coefficient (Wildman–Crippen LogP) is 0.617. The first-order valence-corrected chi connectivity index (χ1v) is 5.25. The van der Waals surface area contributed by atoms with Gasteiger partial charge in [-0.2, -0.15) is 0 Å². The number of hydrogen-bond donors (Lipinski definition) is 3. The average molecular weight is 225 g/mol. The largest absolute Gasteiger partial charge is 0.496 e. The zero-order valence-electron chi connectivity index (χ0n) is 9.90. The molecular weight excluding hydrogens is 206 g/mol. The lowest BCUT2D eigenvalue weighted by molar-refractivity contribution is 0.0188. The van der Waals surface area contributed by atoms with Gasteiger partial charge in [0, 0.05) is 12.1 Å². The first-order chi connectivity index (χ1) is 7.60. The van der Waals surface area contributed by atoms with Crippen molar-refractivity contribution in [2.24, 2.45) is 0 Å². The molecule has 0 aliphatic carbocycles. The molecular formula is C12H19NO3. The van der Waals surface area contributed by atoms with Crippen LogP contribution in [0.25, 0.3) is 0 Å². The lowest BCUT2D eigenvalue weighted by Gasteiger charge is -2.20. The summed E-state index contributed by atoms with van der Waals surface area (Å²) >= 11 is 0. The maximum atomic E-state index is 9.99. The molecule has 0 aliphatic heterocycles. The van der Waals surface area contributed by atoms with Crippen LogP contribution in [0.3, 0.4) is 0 Å². The van der Waals surface area contributed by atoms with Crippen molar-refractivity contribution in [2.75, 3.05) is 20.7 Å². The van der Waals surface area contributed by atoms with Crippen LogP contribution < -0.4 is 10.1 Å². The van der Waals surface area contributed by atoms with Crippen LogP contribution in [0.2, 0.25) is 0 Å². The Balaban J connectivity index is 2.96. The predicted molar refractivity (Wildman–Crippen MR) is 62.6 cm³/mol. The Labute approximate surface area is 95.9 Å². The van der Waals surface area contributed by atoms with Gasteiger partial charge >= 0.3 is 0 Å². The molecule has 0 aliphatic rings. The Morgan fingerprint density at radius 3 is 2.62 bits per heavy atom. The molecule has 0 aromatic heterocycles. The van der Waals surface area contributed by atoms with E-state index in [1.807, 2.05) is 19.1 Å². The fourth-order valence-corrected chi connectivity index (χ4v) is 1.61. The molecule has 2 unspecified atom stereocenters. The highest BCUT2D eigenvalue weighted by atomic mass is 16.5. The van der Waals surface area contributed by atoms with E-state index in [-0.39, 0.29) is 0 Å². The fourth-order valence-electron chi connectivity index (χ4n) is 1.61.